The molecule has 4 nitrogen and oxygen atoms in total. The summed E-state index contributed by atoms with van der Waals surface area (Å²) in [6, 6.07) is 15.9. The number of rotatable bonds is 4. The van der Waals surface area contributed by atoms with E-state index in [9.17, 15) is 9.18 Å². The highest BCUT2D eigenvalue weighted by Gasteiger charge is 2.11. The first-order valence-corrected chi connectivity index (χ1v) is 7.27. The van der Waals surface area contributed by atoms with Crippen LogP contribution in [0.5, 0.6) is 0 Å². The van der Waals surface area contributed by atoms with E-state index in [-0.39, 0.29) is 18.3 Å². The normalized spacial score (nSPS) is 10.5. The molecule has 0 saturated carbocycles. The summed E-state index contributed by atoms with van der Waals surface area (Å²) < 4.78 is 13.5. The summed E-state index contributed by atoms with van der Waals surface area (Å²) >= 11 is 0. The number of aryl methyl sites for hydroxylation is 1. The number of hydrogen-bond donors (Lipinski definition) is 2. The van der Waals surface area contributed by atoms with Gasteiger partial charge in [-0.15, -0.1) is 0 Å². The van der Waals surface area contributed by atoms with Crippen LogP contribution in [0, 0.1) is 12.7 Å². The number of carbonyl (C=O) groups excluding carboxylic acids is 1. The monoisotopic (exact) mass is 309 g/mol. The van der Waals surface area contributed by atoms with Crippen molar-refractivity contribution in [3.05, 3.63) is 77.2 Å². The minimum Gasteiger partial charge on any atom is -0.347 e. The number of benzene rings is 2. The lowest BCUT2D eigenvalue weighted by Crippen LogP contribution is -2.23. The Morgan fingerprint density at radius 3 is 2.65 bits per heavy atom. The van der Waals surface area contributed by atoms with Crippen LogP contribution >= 0.6 is 0 Å². The molecule has 2 aromatic carbocycles. The summed E-state index contributed by atoms with van der Waals surface area (Å²) in [5, 5.41) is 9.54. The van der Waals surface area contributed by atoms with Crippen LogP contribution in [0.3, 0.4) is 0 Å². The van der Waals surface area contributed by atoms with E-state index in [1.165, 1.54) is 6.07 Å². The lowest BCUT2D eigenvalue weighted by molar-refractivity contribution is 0.0945. The van der Waals surface area contributed by atoms with E-state index in [0.29, 0.717) is 17.0 Å². The van der Waals surface area contributed by atoms with Gasteiger partial charge >= 0.3 is 0 Å². The highest BCUT2D eigenvalue weighted by Crippen LogP contribution is 2.18. The third kappa shape index (κ3) is 3.45. The summed E-state index contributed by atoms with van der Waals surface area (Å²) in [4.78, 5) is 12.1. The van der Waals surface area contributed by atoms with Gasteiger partial charge in [0.2, 0.25) is 0 Å². The number of nitrogens with one attached hydrogen (secondary N) is 2. The van der Waals surface area contributed by atoms with Crippen LogP contribution in [0.25, 0.3) is 11.3 Å². The van der Waals surface area contributed by atoms with E-state index in [0.717, 1.165) is 11.1 Å². The van der Waals surface area contributed by atoms with Crippen LogP contribution in [0.2, 0.25) is 0 Å². The minimum atomic E-state index is -0.335. The molecule has 3 rings (SSSR count). The van der Waals surface area contributed by atoms with Gasteiger partial charge < -0.3 is 5.32 Å². The molecule has 116 valence electrons. The molecule has 2 N–H and O–H groups in total. The van der Waals surface area contributed by atoms with Gasteiger partial charge in [0.25, 0.3) is 5.91 Å². The molecule has 0 aliphatic carbocycles. The topological polar surface area (TPSA) is 57.8 Å². The van der Waals surface area contributed by atoms with Crippen molar-refractivity contribution in [3.63, 3.8) is 0 Å². The number of nitrogens with zero attached hydrogens (tertiary/aromatic N) is 1. The Morgan fingerprint density at radius 1 is 1.17 bits per heavy atom. The Morgan fingerprint density at radius 2 is 1.91 bits per heavy atom. The second-order valence-electron chi connectivity index (χ2n) is 5.31. The van der Waals surface area contributed by atoms with Crippen LogP contribution in [0.1, 0.15) is 21.6 Å². The predicted molar refractivity (Wildman–Crippen MR) is 86.3 cm³/mol. The summed E-state index contributed by atoms with van der Waals surface area (Å²) in [6.45, 7) is 2.14. The Balaban J connectivity index is 1.69. The van der Waals surface area contributed by atoms with Gasteiger partial charge in [0.05, 0.1) is 5.69 Å². The molecule has 5 heteroatoms. The summed E-state index contributed by atoms with van der Waals surface area (Å²) in [5.41, 5.74) is 3.57. The zero-order valence-corrected chi connectivity index (χ0v) is 12.6. The van der Waals surface area contributed by atoms with Gasteiger partial charge in [-0.1, -0.05) is 48.0 Å². The maximum absolute atomic E-state index is 13.5. The van der Waals surface area contributed by atoms with Gasteiger partial charge in [0.1, 0.15) is 11.5 Å². The number of aromatic nitrogens is 2. The Labute approximate surface area is 133 Å². The maximum atomic E-state index is 13.5. The zero-order chi connectivity index (χ0) is 16.2. The number of carbonyl (C=O) groups is 1. The lowest BCUT2D eigenvalue weighted by atomic mass is 10.1. The fourth-order valence-electron chi connectivity index (χ4n) is 2.22. The van der Waals surface area contributed by atoms with E-state index < -0.39 is 0 Å². The molecular formula is C18H16FN3O. The second kappa shape index (κ2) is 6.44. The van der Waals surface area contributed by atoms with Crippen LogP contribution < -0.4 is 5.32 Å². The van der Waals surface area contributed by atoms with E-state index in [1.54, 1.807) is 24.3 Å². The van der Waals surface area contributed by atoms with Crippen molar-refractivity contribution in [2.24, 2.45) is 0 Å². The van der Waals surface area contributed by atoms with Crippen molar-refractivity contribution in [1.82, 2.24) is 15.5 Å². The third-order valence-electron chi connectivity index (χ3n) is 3.57. The zero-order valence-electron chi connectivity index (χ0n) is 12.6. The third-order valence-corrected chi connectivity index (χ3v) is 3.57. The molecule has 23 heavy (non-hydrogen) atoms. The fourth-order valence-corrected chi connectivity index (χ4v) is 2.22. The molecule has 0 bridgehead atoms. The van der Waals surface area contributed by atoms with E-state index >= 15 is 0 Å². The Hall–Kier alpha value is -2.95. The van der Waals surface area contributed by atoms with E-state index in [4.69, 9.17) is 0 Å². The second-order valence-corrected chi connectivity index (χ2v) is 5.31. The van der Waals surface area contributed by atoms with Gasteiger partial charge in [-0.05, 0) is 19.1 Å². The molecule has 0 spiro atoms. The highest BCUT2D eigenvalue weighted by atomic mass is 19.1. The first kappa shape index (κ1) is 15.0. The van der Waals surface area contributed by atoms with Crippen LogP contribution in [0.15, 0.2) is 54.6 Å². The molecule has 0 radical (unpaired) electrons. The molecule has 1 heterocycles. The Bertz CT molecular complexity index is 824. The summed E-state index contributed by atoms with van der Waals surface area (Å²) in [6.07, 6.45) is 0. The molecule has 3 aromatic rings. The van der Waals surface area contributed by atoms with Gasteiger partial charge in [-0.2, -0.15) is 5.10 Å². The molecule has 0 atom stereocenters. The molecule has 0 unspecified atom stereocenters. The average molecular weight is 309 g/mol. The number of aromatic amines is 1. The van der Waals surface area contributed by atoms with E-state index in [1.807, 2.05) is 31.2 Å². The van der Waals surface area contributed by atoms with Crippen molar-refractivity contribution in [1.29, 1.82) is 0 Å². The van der Waals surface area contributed by atoms with Crippen molar-refractivity contribution >= 4 is 5.91 Å². The smallest absolute Gasteiger partial charge is 0.269 e. The highest BCUT2D eigenvalue weighted by molar-refractivity contribution is 5.93. The largest absolute Gasteiger partial charge is 0.347 e. The molecule has 1 aromatic heterocycles. The van der Waals surface area contributed by atoms with Gasteiger partial charge in [0, 0.05) is 17.7 Å². The van der Waals surface area contributed by atoms with Crippen molar-refractivity contribution in [2.45, 2.75) is 13.5 Å². The van der Waals surface area contributed by atoms with Crippen molar-refractivity contribution in [2.75, 3.05) is 0 Å². The molecule has 1 amide bonds. The van der Waals surface area contributed by atoms with Crippen molar-refractivity contribution in [3.8, 4) is 11.3 Å². The van der Waals surface area contributed by atoms with Gasteiger partial charge in [-0.25, -0.2) is 4.39 Å². The standard InChI is InChI=1S/C18H16FN3O/c1-12-6-8-13(9-7-12)16-10-17(22-21-16)18(23)20-11-14-4-2-3-5-15(14)19/h2-10H,11H2,1H3,(H,20,23)(H,21,22). The van der Waals surface area contributed by atoms with Crippen LogP contribution in [-0.4, -0.2) is 16.1 Å². The minimum absolute atomic E-state index is 0.129. The maximum Gasteiger partial charge on any atom is 0.269 e. The average Bonchev–Trinajstić information content (AvgIpc) is 3.04. The Kier molecular flexibility index (Phi) is 4.19. The summed E-state index contributed by atoms with van der Waals surface area (Å²) in [7, 11) is 0. The number of H-pyrrole nitrogens is 1. The van der Waals surface area contributed by atoms with E-state index in [2.05, 4.69) is 15.5 Å². The van der Waals surface area contributed by atoms with Gasteiger partial charge in [0.15, 0.2) is 0 Å². The summed E-state index contributed by atoms with van der Waals surface area (Å²) in [5.74, 6) is -0.656. The lowest BCUT2D eigenvalue weighted by Gasteiger charge is -2.04. The SMILES string of the molecule is Cc1ccc(-c2cc(C(=O)NCc3ccccc3F)[nH]n2)cc1. The molecule has 0 fully saturated rings. The van der Waals surface area contributed by atoms with Gasteiger partial charge in [-0.3, -0.25) is 9.89 Å². The first-order chi connectivity index (χ1) is 11.1. The van der Waals surface area contributed by atoms with Crippen LogP contribution in [-0.2, 0) is 6.54 Å². The number of amides is 1. The molecule has 0 aliphatic rings. The first-order valence-electron chi connectivity index (χ1n) is 7.27. The molecule has 0 saturated heterocycles. The number of hydrogen-bond acceptors (Lipinski definition) is 2. The quantitative estimate of drug-likeness (QED) is 0.775. The number of halogens is 1. The fraction of sp³-hybridized carbons (Fsp3) is 0.111. The van der Waals surface area contributed by atoms with Crippen LogP contribution in [0.4, 0.5) is 4.39 Å². The predicted octanol–water partition coefficient (Wildman–Crippen LogP) is 3.45. The van der Waals surface area contributed by atoms with Crippen molar-refractivity contribution < 1.29 is 9.18 Å². The molecular weight excluding hydrogens is 293 g/mol. The molecule has 0 aliphatic heterocycles.